The number of rotatable bonds is 8. The molecule has 14 nitrogen and oxygen atoms in total. The van der Waals surface area contributed by atoms with Crippen molar-refractivity contribution in [1.82, 2.24) is 25.0 Å². The highest BCUT2D eigenvalue weighted by Gasteiger charge is 2.46. The lowest BCUT2D eigenvalue weighted by molar-refractivity contribution is -0.0812. The Bertz CT molecular complexity index is 1000. The highest BCUT2D eigenvalue weighted by atomic mass is 35.5. The fraction of sp³-hybridized carbons (Fsp3) is 0.750. The van der Waals surface area contributed by atoms with Crippen molar-refractivity contribution in [3.63, 3.8) is 0 Å². The first kappa shape index (κ1) is 23.7. The third kappa shape index (κ3) is 4.74. The molecule has 4 rings (SSSR count). The molecule has 1 aliphatic heterocycles. The van der Waals surface area contributed by atoms with Crippen molar-refractivity contribution in [3.05, 3.63) is 5.28 Å². The summed E-state index contributed by atoms with van der Waals surface area (Å²) < 4.78 is 23.1. The highest BCUT2D eigenvalue weighted by molar-refractivity contribution is 7.52. The molecule has 1 unspecified atom stereocenters. The minimum absolute atomic E-state index is 0.0677. The van der Waals surface area contributed by atoms with Crippen molar-refractivity contribution in [2.24, 2.45) is 0 Å². The minimum Gasteiger partial charge on any atom is -0.393 e. The maximum atomic E-state index is 11.3. The third-order valence-electron chi connectivity index (χ3n) is 5.55. The monoisotopic (exact) mass is 494 g/mol. The van der Waals surface area contributed by atoms with Crippen LogP contribution in [0.2, 0.25) is 5.28 Å². The summed E-state index contributed by atoms with van der Waals surface area (Å²) in [7, 11) is -4.73. The number of aromatic nitrogens is 5. The van der Waals surface area contributed by atoms with Crippen molar-refractivity contribution in [2.75, 3.05) is 18.5 Å². The number of fused-ring (bicyclic) bond motifs is 1. The molecule has 2 aromatic heterocycles. The van der Waals surface area contributed by atoms with Gasteiger partial charge in [0, 0.05) is 6.04 Å². The molecule has 2 fully saturated rings. The largest absolute Gasteiger partial charge is 0.393 e. The van der Waals surface area contributed by atoms with Gasteiger partial charge in [0.05, 0.1) is 13.2 Å². The van der Waals surface area contributed by atoms with Crippen LogP contribution >= 0.6 is 19.2 Å². The number of hydrogen-bond acceptors (Lipinski definition) is 11. The summed E-state index contributed by atoms with van der Waals surface area (Å²) in [6, 6.07) is 0.222. The summed E-state index contributed by atoms with van der Waals surface area (Å²) in [4.78, 5) is 26.6. The van der Waals surface area contributed by atoms with Crippen LogP contribution < -0.4 is 5.32 Å². The summed E-state index contributed by atoms with van der Waals surface area (Å²) in [5.74, 6) is -1.38. The zero-order valence-electron chi connectivity index (χ0n) is 16.7. The zero-order valence-corrected chi connectivity index (χ0v) is 18.4. The van der Waals surface area contributed by atoms with Gasteiger partial charge in [0.1, 0.15) is 18.3 Å². The Labute approximate surface area is 186 Å². The fourth-order valence-electron chi connectivity index (χ4n) is 3.87. The standard InChI is InChI=1S/C16H24ClN6O8P/c17-16-19-13(18-7-3-1-2-4-7)10-14(20-16)23(22-21-10)15-12(26)11(25)8(31-15)6-30-9(5-24)32(27,28)29/h7-9,11-12,15,24-26H,1-6H2,(H,18,19,20)(H2,27,28,29)/t8-,9?,11-,12-,15-/m1/s1. The van der Waals surface area contributed by atoms with E-state index < -0.39 is 51.2 Å². The van der Waals surface area contributed by atoms with Crippen LogP contribution in [0.25, 0.3) is 11.2 Å². The predicted molar refractivity (Wildman–Crippen MR) is 109 cm³/mol. The molecular weight excluding hydrogens is 471 g/mol. The lowest BCUT2D eigenvalue weighted by Gasteiger charge is -2.20. The smallest absolute Gasteiger partial charge is 0.356 e. The number of anilines is 1. The molecular formula is C16H24ClN6O8P. The van der Waals surface area contributed by atoms with Crippen molar-refractivity contribution >= 4 is 36.2 Å². The van der Waals surface area contributed by atoms with E-state index in [1.54, 1.807) is 0 Å². The van der Waals surface area contributed by atoms with Crippen LogP contribution in [-0.2, 0) is 14.0 Å². The van der Waals surface area contributed by atoms with E-state index in [2.05, 4.69) is 25.6 Å². The average Bonchev–Trinajstić information content (AvgIpc) is 3.44. The number of hydrogen-bond donors (Lipinski definition) is 6. The van der Waals surface area contributed by atoms with E-state index in [-0.39, 0.29) is 17.0 Å². The first-order valence-corrected chi connectivity index (χ1v) is 12.1. The van der Waals surface area contributed by atoms with Gasteiger partial charge in [-0.2, -0.15) is 14.6 Å². The van der Waals surface area contributed by atoms with Gasteiger partial charge >= 0.3 is 7.60 Å². The van der Waals surface area contributed by atoms with E-state index in [0.717, 1.165) is 30.4 Å². The molecule has 0 spiro atoms. The third-order valence-corrected chi connectivity index (χ3v) is 6.79. The van der Waals surface area contributed by atoms with E-state index in [1.165, 1.54) is 0 Å². The molecule has 0 amide bonds. The Morgan fingerprint density at radius 1 is 1.25 bits per heavy atom. The molecule has 5 atom stereocenters. The second kappa shape index (κ2) is 9.41. The predicted octanol–water partition coefficient (Wildman–Crippen LogP) is -0.639. The Hall–Kier alpha value is -1.48. The summed E-state index contributed by atoms with van der Waals surface area (Å²) >= 11 is 6.08. The van der Waals surface area contributed by atoms with Crippen LogP contribution in [0.3, 0.4) is 0 Å². The molecule has 0 aromatic carbocycles. The van der Waals surface area contributed by atoms with Gasteiger partial charge in [0.2, 0.25) is 5.28 Å². The van der Waals surface area contributed by atoms with Crippen LogP contribution in [0, 0.1) is 0 Å². The van der Waals surface area contributed by atoms with Crippen LogP contribution in [0.1, 0.15) is 31.9 Å². The summed E-state index contributed by atoms with van der Waals surface area (Å²) in [6.07, 6.45) is -1.15. The number of halogens is 1. The normalized spacial score (nSPS) is 27.9. The maximum absolute atomic E-state index is 11.3. The van der Waals surface area contributed by atoms with Crippen LogP contribution in [0.5, 0.6) is 0 Å². The van der Waals surface area contributed by atoms with Gasteiger partial charge in [-0.05, 0) is 24.4 Å². The molecule has 16 heteroatoms. The zero-order chi connectivity index (χ0) is 23.0. The lowest BCUT2D eigenvalue weighted by atomic mass is 10.1. The van der Waals surface area contributed by atoms with Crippen molar-refractivity contribution in [2.45, 2.75) is 62.1 Å². The Morgan fingerprint density at radius 3 is 2.62 bits per heavy atom. The topological polar surface area (TPSA) is 205 Å². The minimum atomic E-state index is -4.73. The van der Waals surface area contributed by atoms with Gasteiger partial charge in [0.15, 0.2) is 29.1 Å². The van der Waals surface area contributed by atoms with E-state index in [4.69, 9.17) is 36.0 Å². The molecule has 1 saturated carbocycles. The Balaban J connectivity index is 1.54. The van der Waals surface area contributed by atoms with Gasteiger partial charge in [0.25, 0.3) is 0 Å². The first-order valence-electron chi connectivity index (χ1n) is 10.0. The maximum Gasteiger partial charge on any atom is 0.356 e. The van der Waals surface area contributed by atoms with Crippen molar-refractivity contribution in [1.29, 1.82) is 0 Å². The van der Waals surface area contributed by atoms with Gasteiger partial charge in [-0.15, -0.1) is 5.10 Å². The van der Waals surface area contributed by atoms with Crippen LogP contribution in [0.15, 0.2) is 0 Å². The SMILES string of the molecule is O=P(O)(O)C(CO)OC[C@H]1O[C@@H](n2nnc3c(NC4CCCC4)nc(Cl)nc32)[C@H](O)[C@@H]1O. The molecule has 1 aliphatic carbocycles. The molecule has 2 aliphatic rings. The summed E-state index contributed by atoms with van der Waals surface area (Å²) in [5.41, 5.74) is 0.486. The fourth-order valence-corrected chi connectivity index (χ4v) is 4.53. The molecule has 0 radical (unpaired) electrons. The average molecular weight is 495 g/mol. The first-order chi connectivity index (χ1) is 15.2. The number of nitrogens with one attached hydrogen (secondary N) is 1. The molecule has 0 bridgehead atoms. The van der Waals surface area contributed by atoms with Gasteiger partial charge in [-0.1, -0.05) is 18.1 Å². The van der Waals surface area contributed by atoms with Crippen LogP contribution in [0.4, 0.5) is 5.82 Å². The van der Waals surface area contributed by atoms with E-state index >= 15 is 0 Å². The van der Waals surface area contributed by atoms with Crippen LogP contribution in [-0.4, -0.2) is 93.5 Å². The molecule has 2 aromatic rings. The number of nitrogens with zero attached hydrogens (tertiary/aromatic N) is 5. The lowest BCUT2D eigenvalue weighted by Crippen LogP contribution is -2.35. The number of aliphatic hydroxyl groups excluding tert-OH is 3. The van der Waals surface area contributed by atoms with E-state index in [9.17, 15) is 14.8 Å². The second-order valence-corrected chi connectivity index (χ2v) is 9.87. The summed E-state index contributed by atoms with van der Waals surface area (Å²) in [6.45, 7) is -1.43. The highest BCUT2D eigenvalue weighted by Crippen LogP contribution is 2.42. The van der Waals surface area contributed by atoms with E-state index in [0.29, 0.717) is 11.3 Å². The molecule has 6 N–H and O–H groups in total. The van der Waals surface area contributed by atoms with Gasteiger partial charge in [-0.3, -0.25) is 4.57 Å². The second-order valence-electron chi connectivity index (χ2n) is 7.78. The van der Waals surface area contributed by atoms with Crippen molar-refractivity contribution in [3.8, 4) is 0 Å². The van der Waals surface area contributed by atoms with Gasteiger partial charge < -0.3 is 39.9 Å². The Kier molecular flexibility index (Phi) is 6.96. The quantitative estimate of drug-likeness (QED) is 0.200. The molecule has 3 heterocycles. The van der Waals surface area contributed by atoms with Gasteiger partial charge in [-0.25, -0.2) is 0 Å². The molecule has 178 valence electrons. The summed E-state index contributed by atoms with van der Waals surface area (Å²) in [5, 5.41) is 41.2. The molecule has 1 saturated heterocycles. The number of aliphatic hydroxyl groups is 3. The molecule has 32 heavy (non-hydrogen) atoms. The number of ether oxygens (including phenoxy) is 2. The van der Waals surface area contributed by atoms with E-state index in [1.807, 2.05) is 0 Å². The van der Waals surface area contributed by atoms with Crippen molar-refractivity contribution < 1.29 is 39.1 Å². The Morgan fingerprint density at radius 2 is 1.97 bits per heavy atom.